The molecule has 0 atom stereocenters. The predicted molar refractivity (Wildman–Crippen MR) is 88.0 cm³/mol. The van der Waals surface area contributed by atoms with Crippen LogP contribution in [-0.2, 0) is 6.54 Å². The lowest BCUT2D eigenvalue weighted by atomic mass is 10.1. The molecule has 0 amide bonds. The average Bonchev–Trinajstić information content (AvgIpc) is 2.50. The zero-order valence-electron chi connectivity index (χ0n) is 12.4. The van der Waals surface area contributed by atoms with Crippen LogP contribution in [0.3, 0.4) is 0 Å². The van der Waals surface area contributed by atoms with Crippen LogP contribution in [0.15, 0.2) is 60.7 Å². The van der Waals surface area contributed by atoms with Gasteiger partial charge in [0.15, 0.2) is 0 Å². The second-order valence-electron chi connectivity index (χ2n) is 5.22. The number of benzene rings is 3. The Morgan fingerprint density at radius 3 is 2.57 bits per heavy atom. The van der Waals surface area contributed by atoms with Gasteiger partial charge in [-0.05, 0) is 31.5 Å². The van der Waals surface area contributed by atoms with Crippen molar-refractivity contribution in [2.75, 3.05) is 7.05 Å². The highest BCUT2D eigenvalue weighted by Crippen LogP contribution is 2.31. The monoisotopic (exact) mass is 277 g/mol. The molecule has 0 unspecified atom stereocenters. The van der Waals surface area contributed by atoms with Crippen LogP contribution in [0, 0.1) is 6.92 Å². The maximum absolute atomic E-state index is 6.19. The summed E-state index contributed by atoms with van der Waals surface area (Å²) in [5.41, 5.74) is 2.41. The Morgan fingerprint density at radius 1 is 0.905 bits per heavy atom. The first kappa shape index (κ1) is 13.7. The molecule has 3 rings (SSSR count). The lowest BCUT2D eigenvalue weighted by Crippen LogP contribution is -2.06. The van der Waals surface area contributed by atoms with Crippen molar-refractivity contribution in [3.05, 3.63) is 71.8 Å². The Kier molecular flexibility index (Phi) is 3.89. The second-order valence-corrected chi connectivity index (χ2v) is 5.22. The number of fused-ring (bicyclic) bond motifs is 1. The lowest BCUT2D eigenvalue weighted by Gasteiger charge is -2.13. The minimum Gasteiger partial charge on any atom is -0.456 e. The fourth-order valence-corrected chi connectivity index (χ4v) is 2.54. The Bertz CT molecular complexity index is 759. The van der Waals surface area contributed by atoms with Gasteiger partial charge in [-0.15, -0.1) is 0 Å². The molecule has 1 N–H and O–H groups in total. The number of hydrogen-bond donors (Lipinski definition) is 1. The lowest BCUT2D eigenvalue weighted by molar-refractivity contribution is 0.479. The van der Waals surface area contributed by atoms with Crippen LogP contribution in [0.25, 0.3) is 10.8 Å². The summed E-state index contributed by atoms with van der Waals surface area (Å²) < 4.78 is 6.19. The molecule has 0 bridgehead atoms. The molecule has 0 fully saturated rings. The Balaban J connectivity index is 2.02. The highest BCUT2D eigenvalue weighted by atomic mass is 16.5. The van der Waals surface area contributed by atoms with Crippen LogP contribution in [0.2, 0.25) is 0 Å². The van der Waals surface area contributed by atoms with E-state index in [1.165, 1.54) is 16.5 Å². The number of ether oxygens (including phenoxy) is 1. The number of rotatable bonds is 4. The molecule has 0 saturated carbocycles. The normalized spacial score (nSPS) is 10.8. The zero-order chi connectivity index (χ0) is 14.7. The first-order valence-corrected chi connectivity index (χ1v) is 7.17. The van der Waals surface area contributed by atoms with Gasteiger partial charge in [0, 0.05) is 17.5 Å². The van der Waals surface area contributed by atoms with E-state index in [9.17, 15) is 0 Å². The van der Waals surface area contributed by atoms with Gasteiger partial charge in [0.05, 0.1) is 0 Å². The van der Waals surface area contributed by atoms with Crippen LogP contribution >= 0.6 is 0 Å². The predicted octanol–water partition coefficient (Wildman–Crippen LogP) is 4.66. The van der Waals surface area contributed by atoms with Crippen molar-refractivity contribution in [1.82, 2.24) is 5.32 Å². The van der Waals surface area contributed by atoms with Crippen molar-refractivity contribution in [1.29, 1.82) is 0 Å². The molecule has 0 spiro atoms. The molecule has 0 aliphatic heterocycles. The molecule has 0 heterocycles. The number of nitrogens with one attached hydrogen (secondary N) is 1. The van der Waals surface area contributed by atoms with Crippen LogP contribution in [0.1, 0.15) is 11.1 Å². The van der Waals surface area contributed by atoms with Gasteiger partial charge >= 0.3 is 0 Å². The molecular formula is C19H19NO. The molecule has 2 heteroatoms. The quantitative estimate of drug-likeness (QED) is 0.749. The highest BCUT2D eigenvalue weighted by Gasteiger charge is 2.07. The molecule has 0 aliphatic carbocycles. The summed E-state index contributed by atoms with van der Waals surface area (Å²) in [4.78, 5) is 0. The molecule has 3 aromatic rings. The van der Waals surface area contributed by atoms with Crippen LogP contribution < -0.4 is 10.1 Å². The molecule has 0 aliphatic rings. The van der Waals surface area contributed by atoms with Crippen LogP contribution in [-0.4, -0.2) is 7.05 Å². The molecule has 0 aromatic heterocycles. The van der Waals surface area contributed by atoms with Crippen molar-refractivity contribution in [3.63, 3.8) is 0 Å². The second kappa shape index (κ2) is 5.98. The first-order valence-electron chi connectivity index (χ1n) is 7.17. The van der Waals surface area contributed by atoms with E-state index in [-0.39, 0.29) is 0 Å². The Morgan fingerprint density at radius 2 is 1.71 bits per heavy atom. The van der Waals surface area contributed by atoms with E-state index in [1.807, 2.05) is 37.4 Å². The summed E-state index contributed by atoms with van der Waals surface area (Å²) in [6.45, 7) is 2.89. The van der Waals surface area contributed by atoms with Crippen molar-refractivity contribution >= 4 is 10.8 Å². The largest absolute Gasteiger partial charge is 0.456 e. The first-order chi connectivity index (χ1) is 10.3. The van der Waals surface area contributed by atoms with Gasteiger partial charge < -0.3 is 10.1 Å². The van der Waals surface area contributed by atoms with Crippen molar-refractivity contribution in [2.45, 2.75) is 13.5 Å². The van der Waals surface area contributed by atoms with Gasteiger partial charge in [0.25, 0.3) is 0 Å². The van der Waals surface area contributed by atoms with Gasteiger partial charge in [0.1, 0.15) is 11.5 Å². The summed E-state index contributed by atoms with van der Waals surface area (Å²) >= 11 is 0. The highest BCUT2D eigenvalue weighted by molar-refractivity contribution is 5.88. The van der Waals surface area contributed by atoms with Gasteiger partial charge in [-0.3, -0.25) is 0 Å². The molecule has 21 heavy (non-hydrogen) atoms. The third kappa shape index (κ3) is 2.91. The summed E-state index contributed by atoms with van der Waals surface area (Å²) in [6.07, 6.45) is 0. The van der Waals surface area contributed by atoms with E-state index in [2.05, 4.69) is 42.6 Å². The summed E-state index contributed by atoms with van der Waals surface area (Å²) in [6, 6.07) is 20.7. The minimum atomic E-state index is 0.793. The fraction of sp³-hybridized carbons (Fsp3) is 0.158. The van der Waals surface area contributed by atoms with Crippen molar-refractivity contribution in [2.24, 2.45) is 0 Å². The van der Waals surface area contributed by atoms with Gasteiger partial charge in [-0.2, -0.15) is 0 Å². The van der Waals surface area contributed by atoms with Gasteiger partial charge in [-0.25, -0.2) is 0 Å². The summed E-state index contributed by atoms with van der Waals surface area (Å²) in [5.74, 6) is 1.81. The van der Waals surface area contributed by atoms with Crippen LogP contribution in [0.4, 0.5) is 0 Å². The molecule has 0 radical (unpaired) electrons. The number of aryl methyl sites for hydroxylation is 1. The Hall–Kier alpha value is -2.32. The van der Waals surface area contributed by atoms with Gasteiger partial charge in [-0.1, -0.05) is 54.1 Å². The molecular weight excluding hydrogens is 258 g/mol. The molecule has 106 valence electrons. The zero-order valence-corrected chi connectivity index (χ0v) is 12.4. The molecule has 2 nitrogen and oxygen atoms in total. The standard InChI is InChI=1S/C19H19NO/c1-14-10-11-18(16(12-14)13-20-2)21-19-9-5-7-15-6-3-4-8-17(15)19/h3-12,20H,13H2,1-2H3. The third-order valence-electron chi connectivity index (χ3n) is 3.55. The smallest absolute Gasteiger partial charge is 0.135 e. The number of hydrogen-bond acceptors (Lipinski definition) is 2. The molecule has 0 saturated heterocycles. The minimum absolute atomic E-state index is 0.793. The fourth-order valence-electron chi connectivity index (χ4n) is 2.54. The third-order valence-corrected chi connectivity index (χ3v) is 3.55. The SMILES string of the molecule is CNCc1cc(C)ccc1Oc1cccc2ccccc12. The van der Waals surface area contributed by atoms with Gasteiger partial charge in [0.2, 0.25) is 0 Å². The van der Waals surface area contributed by atoms with E-state index < -0.39 is 0 Å². The van der Waals surface area contributed by atoms with Crippen molar-refractivity contribution < 1.29 is 4.74 Å². The Labute approximate surface area is 125 Å². The summed E-state index contributed by atoms with van der Waals surface area (Å²) in [5, 5.41) is 5.52. The molecule has 3 aromatic carbocycles. The van der Waals surface area contributed by atoms with E-state index in [0.29, 0.717) is 0 Å². The van der Waals surface area contributed by atoms with E-state index in [1.54, 1.807) is 0 Å². The van der Waals surface area contributed by atoms with Crippen molar-refractivity contribution in [3.8, 4) is 11.5 Å². The van der Waals surface area contributed by atoms with E-state index in [4.69, 9.17) is 4.74 Å². The average molecular weight is 277 g/mol. The topological polar surface area (TPSA) is 21.3 Å². The van der Waals surface area contributed by atoms with Crippen LogP contribution in [0.5, 0.6) is 11.5 Å². The van der Waals surface area contributed by atoms with E-state index in [0.717, 1.165) is 23.4 Å². The maximum Gasteiger partial charge on any atom is 0.135 e. The van der Waals surface area contributed by atoms with E-state index >= 15 is 0 Å². The summed E-state index contributed by atoms with van der Waals surface area (Å²) in [7, 11) is 1.95. The maximum atomic E-state index is 6.19.